The summed E-state index contributed by atoms with van der Waals surface area (Å²) in [6, 6.07) is 3.21. The SMILES string of the molecule is O=C(Nc1nc(-c2cc(F)ccc2F)cs1)C1CC1. The van der Waals surface area contributed by atoms with Crippen molar-refractivity contribution in [3.63, 3.8) is 0 Å². The van der Waals surface area contributed by atoms with Crippen LogP contribution in [0.25, 0.3) is 11.3 Å². The van der Waals surface area contributed by atoms with Crippen molar-refractivity contribution in [3.05, 3.63) is 35.2 Å². The molecule has 0 saturated heterocycles. The molecule has 0 bridgehead atoms. The highest BCUT2D eigenvalue weighted by Crippen LogP contribution is 2.32. The van der Waals surface area contributed by atoms with Crippen LogP contribution < -0.4 is 5.32 Å². The van der Waals surface area contributed by atoms with Gasteiger partial charge in [-0.3, -0.25) is 4.79 Å². The van der Waals surface area contributed by atoms with Gasteiger partial charge in [0, 0.05) is 16.9 Å². The van der Waals surface area contributed by atoms with Gasteiger partial charge in [-0.2, -0.15) is 0 Å². The van der Waals surface area contributed by atoms with E-state index >= 15 is 0 Å². The number of aromatic nitrogens is 1. The molecule has 1 aromatic heterocycles. The Bertz CT molecular complexity index is 637. The summed E-state index contributed by atoms with van der Waals surface area (Å²) in [4.78, 5) is 15.7. The zero-order valence-electron chi connectivity index (χ0n) is 9.82. The van der Waals surface area contributed by atoms with E-state index in [1.807, 2.05) is 0 Å². The van der Waals surface area contributed by atoms with Gasteiger partial charge in [0.2, 0.25) is 5.91 Å². The molecule has 3 nitrogen and oxygen atoms in total. The summed E-state index contributed by atoms with van der Waals surface area (Å²) < 4.78 is 26.7. The molecule has 3 rings (SSSR count). The Balaban J connectivity index is 1.83. The van der Waals surface area contributed by atoms with Gasteiger partial charge in [0.15, 0.2) is 5.13 Å². The molecule has 1 N–H and O–H groups in total. The maximum Gasteiger partial charge on any atom is 0.229 e. The fourth-order valence-corrected chi connectivity index (χ4v) is 2.42. The molecule has 1 aromatic carbocycles. The number of anilines is 1. The lowest BCUT2D eigenvalue weighted by Gasteiger charge is -2.00. The number of rotatable bonds is 3. The molecule has 0 spiro atoms. The number of halogens is 2. The van der Waals surface area contributed by atoms with E-state index in [0.717, 1.165) is 31.0 Å². The van der Waals surface area contributed by atoms with Crippen LogP contribution in [0.5, 0.6) is 0 Å². The Hall–Kier alpha value is -1.82. The summed E-state index contributed by atoms with van der Waals surface area (Å²) in [6.45, 7) is 0. The second-order valence-corrected chi connectivity index (χ2v) is 5.28. The lowest BCUT2D eigenvalue weighted by Crippen LogP contribution is -2.12. The number of nitrogens with zero attached hydrogens (tertiary/aromatic N) is 1. The molecule has 19 heavy (non-hydrogen) atoms. The summed E-state index contributed by atoms with van der Waals surface area (Å²) >= 11 is 1.20. The van der Waals surface area contributed by atoms with Gasteiger partial charge >= 0.3 is 0 Å². The predicted octanol–water partition coefficient (Wildman–Crippen LogP) is 3.44. The smallest absolute Gasteiger partial charge is 0.229 e. The molecule has 98 valence electrons. The van der Waals surface area contributed by atoms with Crippen LogP contribution in [-0.2, 0) is 4.79 Å². The summed E-state index contributed by atoms with van der Waals surface area (Å²) in [6.07, 6.45) is 1.81. The zero-order chi connectivity index (χ0) is 13.4. The third-order valence-electron chi connectivity index (χ3n) is 2.89. The molecule has 1 aliphatic carbocycles. The average molecular weight is 280 g/mol. The maximum absolute atomic E-state index is 13.6. The van der Waals surface area contributed by atoms with Crippen molar-refractivity contribution < 1.29 is 13.6 Å². The molecule has 0 atom stereocenters. The molecule has 0 radical (unpaired) electrons. The van der Waals surface area contributed by atoms with E-state index < -0.39 is 11.6 Å². The minimum Gasteiger partial charge on any atom is -0.302 e. The average Bonchev–Trinajstić information content (AvgIpc) is 3.14. The van der Waals surface area contributed by atoms with Gasteiger partial charge in [-0.05, 0) is 31.0 Å². The highest BCUT2D eigenvalue weighted by atomic mass is 32.1. The number of carbonyl (C=O) groups is 1. The van der Waals surface area contributed by atoms with E-state index in [1.54, 1.807) is 5.38 Å². The quantitative estimate of drug-likeness (QED) is 0.935. The lowest BCUT2D eigenvalue weighted by atomic mass is 10.1. The van der Waals surface area contributed by atoms with E-state index in [4.69, 9.17) is 0 Å². The van der Waals surface area contributed by atoms with Crippen LogP contribution in [0.1, 0.15) is 12.8 Å². The van der Waals surface area contributed by atoms with E-state index in [2.05, 4.69) is 10.3 Å². The number of carbonyl (C=O) groups excluding carboxylic acids is 1. The fraction of sp³-hybridized carbons (Fsp3) is 0.231. The largest absolute Gasteiger partial charge is 0.302 e. The van der Waals surface area contributed by atoms with Crippen molar-refractivity contribution in [2.45, 2.75) is 12.8 Å². The van der Waals surface area contributed by atoms with Crippen molar-refractivity contribution in [3.8, 4) is 11.3 Å². The van der Waals surface area contributed by atoms with Gasteiger partial charge in [-0.1, -0.05) is 0 Å². The van der Waals surface area contributed by atoms with Crippen LogP contribution in [0.2, 0.25) is 0 Å². The Labute approximate surface area is 112 Å². The van der Waals surface area contributed by atoms with Gasteiger partial charge in [-0.25, -0.2) is 13.8 Å². The summed E-state index contributed by atoms with van der Waals surface area (Å²) in [7, 11) is 0. The number of thiazole rings is 1. The first-order chi connectivity index (χ1) is 9.13. The minimum absolute atomic E-state index is 0.0550. The third kappa shape index (κ3) is 2.63. The predicted molar refractivity (Wildman–Crippen MR) is 68.8 cm³/mol. The van der Waals surface area contributed by atoms with Crippen LogP contribution in [-0.4, -0.2) is 10.9 Å². The van der Waals surface area contributed by atoms with Crippen molar-refractivity contribution in [1.29, 1.82) is 0 Å². The van der Waals surface area contributed by atoms with Crippen LogP contribution in [0.15, 0.2) is 23.6 Å². The number of amides is 1. The van der Waals surface area contributed by atoms with Gasteiger partial charge in [0.25, 0.3) is 0 Å². The van der Waals surface area contributed by atoms with E-state index in [9.17, 15) is 13.6 Å². The number of hydrogen-bond donors (Lipinski definition) is 1. The van der Waals surface area contributed by atoms with Crippen LogP contribution in [0.3, 0.4) is 0 Å². The molecular formula is C13H10F2N2OS. The third-order valence-corrected chi connectivity index (χ3v) is 3.64. The fourth-order valence-electron chi connectivity index (χ4n) is 1.70. The number of nitrogens with one attached hydrogen (secondary N) is 1. The Morgan fingerprint density at radius 3 is 2.89 bits per heavy atom. The first kappa shape index (κ1) is 12.2. The first-order valence-corrected chi connectivity index (χ1v) is 6.73. The molecule has 1 saturated carbocycles. The Morgan fingerprint density at radius 1 is 1.37 bits per heavy atom. The Kier molecular flexibility index (Phi) is 3.02. The van der Waals surface area contributed by atoms with Gasteiger partial charge in [0.1, 0.15) is 11.6 Å². The molecule has 1 heterocycles. The molecule has 6 heteroatoms. The monoisotopic (exact) mass is 280 g/mol. The van der Waals surface area contributed by atoms with E-state index in [0.29, 0.717) is 10.8 Å². The standard InChI is InChI=1S/C13H10F2N2OS/c14-8-3-4-10(15)9(5-8)11-6-19-13(16-11)17-12(18)7-1-2-7/h3-7H,1-2H2,(H,16,17,18). The molecule has 1 aliphatic rings. The van der Waals surface area contributed by atoms with Crippen molar-refractivity contribution in [2.24, 2.45) is 5.92 Å². The van der Waals surface area contributed by atoms with Gasteiger partial charge in [-0.15, -0.1) is 11.3 Å². The molecular weight excluding hydrogens is 270 g/mol. The normalized spacial score (nSPS) is 14.4. The van der Waals surface area contributed by atoms with Crippen LogP contribution in [0.4, 0.5) is 13.9 Å². The molecule has 0 aliphatic heterocycles. The highest BCUT2D eigenvalue weighted by molar-refractivity contribution is 7.14. The molecule has 2 aromatic rings. The first-order valence-electron chi connectivity index (χ1n) is 5.85. The second-order valence-electron chi connectivity index (χ2n) is 4.43. The number of hydrogen-bond acceptors (Lipinski definition) is 3. The Morgan fingerprint density at radius 2 is 2.16 bits per heavy atom. The topological polar surface area (TPSA) is 42.0 Å². The van der Waals surface area contributed by atoms with Crippen molar-refractivity contribution in [2.75, 3.05) is 5.32 Å². The maximum atomic E-state index is 13.6. The summed E-state index contributed by atoms with van der Waals surface area (Å²) in [5, 5.41) is 4.69. The van der Waals surface area contributed by atoms with E-state index in [1.165, 1.54) is 11.3 Å². The van der Waals surface area contributed by atoms with Crippen molar-refractivity contribution >= 4 is 22.4 Å². The van der Waals surface area contributed by atoms with Crippen LogP contribution in [0, 0.1) is 17.6 Å². The highest BCUT2D eigenvalue weighted by Gasteiger charge is 2.30. The second kappa shape index (κ2) is 4.70. The molecule has 0 unspecified atom stereocenters. The molecule has 1 fully saturated rings. The number of benzene rings is 1. The van der Waals surface area contributed by atoms with Crippen molar-refractivity contribution in [1.82, 2.24) is 4.98 Å². The zero-order valence-corrected chi connectivity index (χ0v) is 10.6. The minimum atomic E-state index is -0.535. The summed E-state index contributed by atoms with van der Waals surface area (Å²) in [5.41, 5.74) is 0.427. The van der Waals surface area contributed by atoms with E-state index in [-0.39, 0.29) is 17.4 Å². The van der Waals surface area contributed by atoms with Gasteiger partial charge < -0.3 is 5.32 Å². The summed E-state index contributed by atoms with van der Waals surface area (Å²) in [5.74, 6) is -1.03. The molecule has 1 amide bonds. The lowest BCUT2D eigenvalue weighted by molar-refractivity contribution is -0.117. The van der Waals surface area contributed by atoms with Crippen LogP contribution >= 0.6 is 11.3 Å². The van der Waals surface area contributed by atoms with Gasteiger partial charge in [0.05, 0.1) is 5.69 Å².